The third kappa shape index (κ3) is 4.17. The Morgan fingerprint density at radius 2 is 1.73 bits per heavy atom. The number of carbonyl (C=O) groups excluding carboxylic acids is 1. The van der Waals surface area contributed by atoms with Crippen molar-refractivity contribution in [3.8, 4) is 11.6 Å². The van der Waals surface area contributed by atoms with Crippen LogP contribution in [0, 0.1) is 0 Å². The highest BCUT2D eigenvalue weighted by Gasteiger charge is 2.22. The molecule has 0 amide bonds. The second-order valence-corrected chi connectivity index (χ2v) is 8.13. The van der Waals surface area contributed by atoms with Gasteiger partial charge >= 0.3 is 0 Å². The van der Waals surface area contributed by atoms with Crippen LogP contribution in [-0.4, -0.2) is 51.6 Å². The van der Waals surface area contributed by atoms with E-state index in [1.807, 2.05) is 28.8 Å². The number of benzene rings is 2. The van der Waals surface area contributed by atoms with Crippen LogP contribution in [0.25, 0.3) is 11.0 Å². The fourth-order valence-corrected chi connectivity index (χ4v) is 4.02. The number of imidazole rings is 1. The standard InChI is InChI=1S/C25H25N5O3/c1-17(2)30-21-6-4-3-5-20(21)28-23(30)22(31)18-7-9-19(10-8-18)33-25-24(26-11-12-27-25)29-13-15-32-16-14-29/h3-12,17H,13-16H2,1-2H3. The number of carbonyl (C=O) groups is 1. The lowest BCUT2D eigenvalue weighted by atomic mass is 10.1. The van der Waals surface area contributed by atoms with Crippen LogP contribution in [0.2, 0.25) is 0 Å². The van der Waals surface area contributed by atoms with Gasteiger partial charge < -0.3 is 18.9 Å². The van der Waals surface area contributed by atoms with Crippen molar-refractivity contribution in [3.63, 3.8) is 0 Å². The zero-order chi connectivity index (χ0) is 22.8. The summed E-state index contributed by atoms with van der Waals surface area (Å²) in [5, 5.41) is 0. The molecule has 1 saturated heterocycles. The van der Waals surface area contributed by atoms with Gasteiger partial charge in [-0.15, -0.1) is 0 Å². The van der Waals surface area contributed by atoms with Crippen LogP contribution in [0.1, 0.15) is 36.1 Å². The van der Waals surface area contributed by atoms with E-state index in [9.17, 15) is 4.79 Å². The van der Waals surface area contributed by atoms with Crippen molar-refractivity contribution < 1.29 is 14.3 Å². The van der Waals surface area contributed by atoms with Crippen LogP contribution in [0.4, 0.5) is 5.82 Å². The molecule has 0 saturated carbocycles. The maximum atomic E-state index is 13.3. The Morgan fingerprint density at radius 1 is 1.00 bits per heavy atom. The van der Waals surface area contributed by atoms with Gasteiger partial charge in [-0.25, -0.2) is 15.0 Å². The summed E-state index contributed by atoms with van der Waals surface area (Å²) in [5.41, 5.74) is 2.31. The van der Waals surface area contributed by atoms with E-state index < -0.39 is 0 Å². The van der Waals surface area contributed by atoms with Gasteiger partial charge in [0.1, 0.15) is 5.75 Å². The van der Waals surface area contributed by atoms with Gasteiger partial charge in [-0.2, -0.15) is 0 Å². The fraction of sp³-hybridized carbons (Fsp3) is 0.280. The molecule has 2 aromatic heterocycles. The van der Waals surface area contributed by atoms with E-state index in [0.29, 0.717) is 42.0 Å². The molecule has 2 aromatic carbocycles. The van der Waals surface area contributed by atoms with Gasteiger partial charge in [0.15, 0.2) is 11.6 Å². The second-order valence-electron chi connectivity index (χ2n) is 8.13. The number of rotatable bonds is 6. The summed E-state index contributed by atoms with van der Waals surface area (Å²) in [7, 11) is 0. The molecule has 0 unspecified atom stereocenters. The summed E-state index contributed by atoms with van der Waals surface area (Å²) in [4.78, 5) is 28.8. The summed E-state index contributed by atoms with van der Waals surface area (Å²) in [6, 6.07) is 15.0. The molecule has 1 aliphatic heterocycles. The van der Waals surface area contributed by atoms with E-state index in [1.54, 1.807) is 36.7 Å². The average molecular weight is 444 g/mol. The monoisotopic (exact) mass is 443 g/mol. The number of hydrogen-bond acceptors (Lipinski definition) is 7. The Labute approximate surface area is 191 Å². The minimum atomic E-state index is -0.125. The Kier molecular flexibility index (Phi) is 5.75. The van der Waals surface area contributed by atoms with E-state index in [2.05, 4.69) is 33.7 Å². The van der Waals surface area contributed by atoms with E-state index in [0.717, 1.165) is 24.1 Å². The molecule has 0 bridgehead atoms. The lowest BCUT2D eigenvalue weighted by Crippen LogP contribution is -2.37. The molecule has 8 heteroatoms. The van der Waals surface area contributed by atoms with Gasteiger partial charge in [0.25, 0.3) is 5.88 Å². The zero-order valence-electron chi connectivity index (χ0n) is 18.6. The molecule has 5 rings (SSSR count). The van der Waals surface area contributed by atoms with E-state index in [1.165, 1.54) is 0 Å². The van der Waals surface area contributed by atoms with Crippen LogP contribution in [0.15, 0.2) is 60.9 Å². The van der Waals surface area contributed by atoms with Crippen LogP contribution < -0.4 is 9.64 Å². The number of ether oxygens (including phenoxy) is 2. The van der Waals surface area contributed by atoms with Crippen molar-refractivity contribution in [2.45, 2.75) is 19.9 Å². The van der Waals surface area contributed by atoms with Crippen molar-refractivity contribution in [1.82, 2.24) is 19.5 Å². The molecule has 3 heterocycles. The number of para-hydroxylation sites is 2. The lowest BCUT2D eigenvalue weighted by Gasteiger charge is -2.28. The van der Waals surface area contributed by atoms with Crippen molar-refractivity contribution >= 4 is 22.6 Å². The first-order chi connectivity index (χ1) is 16.1. The molecule has 0 N–H and O–H groups in total. The highest BCUT2D eigenvalue weighted by molar-refractivity contribution is 6.08. The molecular weight excluding hydrogens is 418 g/mol. The SMILES string of the molecule is CC(C)n1c(C(=O)c2ccc(Oc3nccnc3N3CCOCC3)cc2)nc2ccccc21. The Bertz CT molecular complexity index is 1280. The van der Waals surface area contributed by atoms with Gasteiger partial charge in [-0.3, -0.25) is 4.79 Å². The first-order valence-electron chi connectivity index (χ1n) is 11.0. The molecule has 33 heavy (non-hydrogen) atoms. The summed E-state index contributed by atoms with van der Waals surface area (Å²) < 4.78 is 13.4. The topological polar surface area (TPSA) is 82.4 Å². The molecule has 0 aliphatic carbocycles. The Balaban J connectivity index is 1.40. The zero-order valence-corrected chi connectivity index (χ0v) is 18.6. The quantitative estimate of drug-likeness (QED) is 0.412. The molecule has 0 radical (unpaired) electrons. The first kappa shape index (κ1) is 21.1. The molecule has 1 fully saturated rings. The Hall–Kier alpha value is -3.78. The summed E-state index contributed by atoms with van der Waals surface area (Å²) in [6.07, 6.45) is 3.26. The molecule has 0 atom stereocenters. The van der Waals surface area contributed by atoms with Gasteiger partial charge in [0.05, 0.1) is 24.2 Å². The van der Waals surface area contributed by atoms with Crippen LogP contribution >= 0.6 is 0 Å². The van der Waals surface area contributed by atoms with Crippen LogP contribution in [0.3, 0.4) is 0 Å². The summed E-state index contributed by atoms with van der Waals surface area (Å²) in [5.74, 6) is 2.01. The van der Waals surface area contributed by atoms with Gasteiger partial charge in [0, 0.05) is 37.1 Å². The van der Waals surface area contributed by atoms with Crippen molar-refractivity contribution in [1.29, 1.82) is 0 Å². The van der Waals surface area contributed by atoms with Gasteiger partial charge in [-0.1, -0.05) is 12.1 Å². The number of anilines is 1. The predicted octanol–water partition coefficient (Wildman–Crippen LogP) is 4.27. The second kappa shape index (κ2) is 8.99. The minimum absolute atomic E-state index is 0.106. The maximum Gasteiger partial charge on any atom is 0.263 e. The highest BCUT2D eigenvalue weighted by atomic mass is 16.5. The Morgan fingerprint density at radius 3 is 2.48 bits per heavy atom. The van der Waals surface area contributed by atoms with E-state index in [4.69, 9.17) is 9.47 Å². The smallest absolute Gasteiger partial charge is 0.263 e. The largest absolute Gasteiger partial charge is 0.436 e. The van der Waals surface area contributed by atoms with E-state index >= 15 is 0 Å². The third-order valence-corrected chi connectivity index (χ3v) is 5.60. The lowest BCUT2D eigenvalue weighted by molar-refractivity contribution is 0.102. The minimum Gasteiger partial charge on any atom is -0.436 e. The number of hydrogen-bond donors (Lipinski definition) is 0. The maximum absolute atomic E-state index is 13.3. The number of ketones is 1. The van der Waals surface area contributed by atoms with Crippen LogP contribution in [0.5, 0.6) is 11.6 Å². The molecule has 1 aliphatic rings. The predicted molar refractivity (Wildman–Crippen MR) is 125 cm³/mol. The number of nitrogens with zero attached hydrogens (tertiary/aromatic N) is 5. The van der Waals surface area contributed by atoms with Crippen molar-refractivity contribution in [3.05, 3.63) is 72.3 Å². The molecule has 4 aromatic rings. The average Bonchev–Trinajstić information content (AvgIpc) is 3.25. The van der Waals surface area contributed by atoms with Crippen molar-refractivity contribution in [2.75, 3.05) is 31.2 Å². The number of morpholine rings is 1. The van der Waals surface area contributed by atoms with E-state index in [-0.39, 0.29) is 11.8 Å². The normalized spacial score (nSPS) is 14.1. The molecule has 0 spiro atoms. The molecular formula is C25H25N5O3. The summed E-state index contributed by atoms with van der Waals surface area (Å²) >= 11 is 0. The highest BCUT2D eigenvalue weighted by Crippen LogP contribution is 2.29. The molecule has 168 valence electrons. The van der Waals surface area contributed by atoms with Crippen LogP contribution in [-0.2, 0) is 4.74 Å². The number of aromatic nitrogens is 4. The molecule has 8 nitrogen and oxygen atoms in total. The fourth-order valence-electron chi connectivity index (χ4n) is 4.02. The summed E-state index contributed by atoms with van der Waals surface area (Å²) in [6.45, 7) is 6.87. The number of fused-ring (bicyclic) bond motifs is 1. The first-order valence-corrected chi connectivity index (χ1v) is 11.0. The van der Waals surface area contributed by atoms with Gasteiger partial charge in [0.2, 0.25) is 5.78 Å². The van der Waals surface area contributed by atoms with Gasteiger partial charge in [-0.05, 0) is 50.2 Å². The third-order valence-electron chi connectivity index (χ3n) is 5.60. The van der Waals surface area contributed by atoms with Crippen molar-refractivity contribution in [2.24, 2.45) is 0 Å².